The number of amides is 1. The summed E-state index contributed by atoms with van der Waals surface area (Å²) in [5, 5.41) is 11.5. The van der Waals surface area contributed by atoms with Gasteiger partial charge in [0.05, 0.1) is 18.4 Å². The SMILES string of the molecule is C/C(=C/CC#N)C(=NC(C)C)C(C)C(=O)NC(C)C. The Balaban J connectivity index is 5.17. The maximum atomic E-state index is 12.1. The molecule has 4 heteroatoms. The summed E-state index contributed by atoms with van der Waals surface area (Å²) in [6.07, 6.45) is 2.15. The van der Waals surface area contributed by atoms with E-state index in [1.807, 2.05) is 47.6 Å². The Bertz CT molecular complexity index is 400. The van der Waals surface area contributed by atoms with Gasteiger partial charge in [0.15, 0.2) is 0 Å². The molecule has 106 valence electrons. The van der Waals surface area contributed by atoms with Gasteiger partial charge in [-0.05, 0) is 47.1 Å². The second-order valence-electron chi connectivity index (χ2n) is 5.24. The van der Waals surface area contributed by atoms with Crippen LogP contribution < -0.4 is 5.32 Å². The summed E-state index contributed by atoms with van der Waals surface area (Å²) in [4.78, 5) is 16.6. The van der Waals surface area contributed by atoms with E-state index in [-0.39, 0.29) is 23.9 Å². The third kappa shape index (κ3) is 6.76. The van der Waals surface area contributed by atoms with Crippen molar-refractivity contribution in [3.63, 3.8) is 0 Å². The molecule has 1 amide bonds. The predicted octanol–water partition coefficient (Wildman–Crippen LogP) is 2.86. The largest absolute Gasteiger partial charge is 0.353 e. The molecule has 0 saturated carbocycles. The normalized spacial score (nSPS) is 14.5. The van der Waals surface area contributed by atoms with E-state index in [9.17, 15) is 4.79 Å². The van der Waals surface area contributed by atoms with Gasteiger partial charge in [0.2, 0.25) is 5.91 Å². The van der Waals surface area contributed by atoms with Crippen LogP contribution in [0.25, 0.3) is 0 Å². The Morgan fingerprint density at radius 1 is 1.32 bits per heavy atom. The molecule has 4 nitrogen and oxygen atoms in total. The van der Waals surface area contributed by atoms with E-state index < -0.39 is 0 Å². The van der Waals surface area contributed by atoms with E-state index in [1.54, 1.807) is 0 Å². The number of nitriles is 1. The van der Waals surface area contributed by atoms with Crippen LogP contribution in [0.5, 0.6) is 0 Å². The lowest BCUT2D eigenvalue weighted by molar-refractivity contribution is -0.123. The molecule has 1 atom stereocenters. The van der Waals surface area contributed by atoms with Crippen LogP contribution in [0.15, 0.2) is 16.6 Å². The van der Waals surface area contributed by atoms with Gasteiger partial charge in [0.25, 0.3) is 0 Å². The highest BCUT2D eigenvalue weighted by Crippen LogP contribution is 2.12. The molecule has 1 unspecified atom stereocenters. The van der Waals surface area contributed by atoms with E-state index in [1.165, 1.54) is 0 Å². The van der Waals surface area contributed by atoms with Gasteiger partial charge < -0.3 is 5.32 Å². The highest BCUT2D eigenvalue weighted by atomic mass is 16.1. The zero-order valence-electron chi connectivity index (χ0n) is 12.8. The number of hydrogen-bond acceptors (Lipinski definition) is 3. The predicted molar refractivity (Wildman–Crippen MR) is 79.0 cm³/mol. The minimum absolute atomic E-state index is 0.0286. The van der Waals surface area contributed by atoms with Crippen LogP contribution >= 0.6 is 0 Å². The molecule has 0 aromatic carbocycles. The fourth-order valence-electron chi connectivity index (χ4n) is 1.67. The molecule has 0 rings (SSSR count). The first kappa shape index (κ1) is 17.4. The minimum atomic E-state index is -0.306. The lowest BCUT2D eigenvalue weighted by Crippen LogP contribution is -2.38. The number of nitrogens with one attached hydrogen (secondary N) is 1. The number of rotatable bonds is 6. The van der Waals surface area contributed by atoms with Crippen molar-refractivity contribution in [2.24, 2.45) is 10.9 Å². The van der Waals surface area contributed by atoms with Crippen molar-refractivity contribution in [1.82, 2.24) is 5.32 Å². The molecule has 0 aliphatic heterocycles. The van der Waals surface area contributed by atoms with Gasteiger partial charge in [-0.1, -0.05) is 6.08 Å². The second kappa shape index (κ2) is 8.47. The van der Waals surface area contributed by atoms with E-state index in [0.29, 0.717) is 6.42 Å². The summed E-state index contributed by atoms with van der Waals surface area (Å²) in [6.45, 7) is 11.6. The fourth-order valence-corrected chi connectivity index (χ4v) is 1.67. The van der Waals surface area contributed by atoms with Crippen molar-refractivity contribution in [2.75, 3.05) is 0 Å². The summed E-state index contributed by atoms with van der Waals surface area (Å²) in [5.74, 6) is -0.334. The molecule has 0 radical (unpaired) electrons. The van der Waals surface area contributed by atoms with Gasteiger partial charge in [-0.25, -0.2) is 0 Å². The first-order chi connectivity index (χ1) is 8.79. The summed E-state index contributed by atoms with van der Waals surface area (Å²) in [7, 11) is 0. The number of nitrogens with zero attached hydrogens (tertiary/aromatic N) is 2. The molecule has 0 aromatic heterocycles. The summed E-state index contributed by atoms with van der Waals surface area (Å²) in [6, 6.07) is 2.31. The van der Waals surface area contributed by atoms with Crippen molar-refractivity contribution in [1.29, 1.82) is 5.26 Å². The average Bonchev–Trinajstić information content (AvgIpc) is 2.30. The van der Waals surface area contributed by atoms with E-state index in [4.69, 9.17) is 5.26 Å². The monoisotopic (exact) mass is 263 g/mol. The lowest BCUT2D eigenvalue weighted by atomic mass is 9.97. The Hall–Kier alpha value is -1.63. The van der Waals surface area contributed by atoms with Crippen molar-refractivity contribution in [3.8, 4) is 6.07 Å². The molecule has 19 heavy (non-hydrogen) atoms. The number of allylic oxidation sites excluding steroid dienone is 2. The molecular formula is C15H25N3O. The van der Waals surface area contributed by atoms with Crippen molar-refractivity contribution in [2.45, 2.75) is 60.0 Å². The Labute approximate surface area is 116 Å². The third-order valence-corrected chi connectivity index (χ3v) is 2.54. The highest BCUT2D eigenvalue weighted by Gasteiger charge is 2.21. The summed E-state index contributed by atoms with van der Waals surface area (Å²) in [5.41, 5.74) is 1.67. The molecule has 0 saturated heterocycles. The summed E-state index contributed by atoms with van der Waals surface area (Å²) < 4.78 is 0. The van der Waals surface area contributed by atoms with E-state index in [2.05, 4.69) is 16.4 Å². The first-order valence-electron chi connectivity index (χ1n) is 6.71. The molecule has 0 bridgehead atoms. The molecule has 1 N–H and O–H groups in total. The van der Waals surface area contributed by atoms with Crippen molar-refractivity contribution < 1.29 is 4.79 Å². The Kier molecular flexibility index (Phi) is 7.74. The highest BCUT2D eigenvalue weighted by molar-refractivity contribution is 6.12. The van der Waals surface area contributed by atoms with Crippen LogP contribution in [-0.2, 0) is 4.79 Å². The lowest BCUT2D eigenvalue weighted by Gasteiger charge is -2.18. The first-order valence-corrected chi connectivity index (χ1v) is 6.71. The zero-order valence-corrected chi connectivity index (χ0v) is 12.8. The van der Waals surface area contributed by atoms with Gasteiger partial charge in [-0.3, -0.25) is 9.79 Å². The number of hydrogen-bond donors (Lipinski definition) is 1. The smallest absolute Gasteiger partial charge is 0.229 e. The third-order valence-electron chi connectivity index (χ3n) is 2.54. The number of carbonyl (C=O) groups excluding carboxylic acids is 1. The summed E-state index contributed by atoms with van der Waals surface area (Å²) >= 11 is 0. The van der Waals surface area contributed by atoms with Gasteiger partial charge in [-0.15, -0.1) is 0 Å². The minimum Gasteiger partial charge on any atom is -0.353 e. The Morgan fingerprint density at radius 3 is 2.32 bits per heavy atom. The van der Waals surface area contributed by atoms with E-state index >= 15 is 0 Å². The van der Waals surface area contributed by atoms with Gasteiger partial charge >= 0.3 is 0 Å². The van der Waals surface area contributed by atoms with Gasteiger partial charge in [0, 0.05) is 17.8 Å². The molecule has 0 fully saturated rings. The van der Waals surface area contributed by atoms with Gasteiger partial charge in [-0.2, -0.15) is 5.26 Å². The molecular weight excluding hydrogens is 238 g/mol. The number of aliphatic imine (C=N–C) groups is 1. The van der Waals surface area contributed by atoms with Crippen LogP contribution in [0.3, 0.4) is 0 Å². The maximum absolute atomic E-state index is 12.1. The Morgan fingerprint density at radius 2 is 1.89 bits per heavy atom. The molecule has 0 spiro atoms. The van der Waals surface area contributed by atoms with Crippen LogP contribution in [-0.4, -0.2) is 23.7 Å². The molecule has 0 heterocycles. The van der Waals surface area contributed by atoms with Crippen LogP contribution in [0.1, 0.15) is 48.0 Å². The quantitative estimate of drug-likeness (QED) is 0.749. The maximum Gasteiger partial charge on any atom is 0.229 e. The van der Waals surface area contributed by atoms with Crippen molar-refractivity contribution in [3.05, 3.63) is 11.6 Å². The molecule has 0 aliphatic rings. The van der Waals surface area contributed by atoms with Crippen LogP contribution in [0.2, 0.25) is 0 Å². The number of carbonyl (C=O) groups is 1. The zero-order chi connectivity index (χ0) is 15.0. The molecule has 0 aromatic rings. The second-order valence-corrected chi connectivity index (χ2v) is 5.24. The van der Waals surface area contributed by atoms with Gasteiger partial charge in [0.1, 0.15) is 0 Å². The molecule has 0 aliphatic carbocycles. The standard InChI is InChI=1S/C15H25N3O/c1-10(2)17-14(12(5)8-7-9-16)13(6)15(19)18-11(3)4/h8,10-11,13H,7H2,1-6H3,(H,18,19)/b12-8-,17-14?. The topological polar surface area (TPSA) is 65.2 Å². The van der Waals surface area contributed by atoms with E-state index in [0.717, 1.165) is 11.3 Å². The van der Waals surface area contributed by atoms with Crippen LogP contribution in [0, 0.1) is 17.2 Å². The fraction of sp³-hybridized carbons (Fsp3) is 0.667. The van der Waals surface area contributed by atoms with Crippen molar-refractivity contribution >= 4 is 11.6 Å². The van der Waals surface area contributed by atoms with Crippen LogP contribution in [0.4, 0.5) is 0 Å². The average molecular weight is 263 g/mol.